The van der Waals surface area contributed by atoms with Crippen molar-refractivity contribution in [3.8, 4) is 0 Å². The van der Waals surface area contributed by atoms with E-state index in [1.165, 1.54) is 0 Å². The van der Waals surface area contributed by atoms with Gasteiger partial charge in [0.05, 0.1) is 4.90 Å². The number of carbonyl (C=O) groups excluding carboxylic acids is 2. The number of amides is 2. The molecule has 0 unspecified atom stereocenters. The Kier molecular flexibility index (Phi) is 6.16. The van der Waals surface area contributed by atoms with Crippen LogP contribution in [0, 0.1) is 5.92 Å². The van der Waals surface area contributed by atoms with Gasteiger partial charge >= 0.3 is 0 Å². The molecule has 1 saturated carbocycles. The Morgan fingerprint density at radius 1 is 1.10 bits per heavy atom. The van der Waals surface area contributed by atoms with Gasteiger partial charge in [0.15, 0.2) is 0 Å². The minimum Gasteiger partial charge on any atom is -0.343 e. The van der Waals surface area contributed by atoms with Crippen LogP contribution in [0.2, 0.25) is 0 Å². The van der Waals surface area contributed by atoms with Gasteiger partial charge in [-0.05, 0) is 62.8 Å². The zero-order valence-electron chi connectivity index (χ0n) is 17.6. The number of hydrogen-bond donors (Lipinski definition) is 1. The minimum atomic E-state index is -3.70. The van der Waals surface area contributed by atoms with Gasteiger partial charge in [0.25, 0.3) is 0 Å². The molecule has 2 heterocycles. The predicted octanol–water partition coefficient (Wildman–Crippen LogP) is 2.45. The van der Waals surface area contributed by atoms with Gasteiger partial charge in [-0.15, -0.1) is 0 Å². The predicted molar refractivity (Wildman–Crippen MR) is 115 cm³/mol. The summed E-state index contributed by atoms with van der Waals surface area (Å²) in [6.45, 7) is 3.63. The average molecular weight is 434 g/mol. The van der Waals surface area contributed by atoms with Gasteiger partial charge in [-0.1, -0.05) is 12.8 Å². The van der Waals surface area contributed by atoms with E-state index in [-0.39, 0.29) is 41.6 Å². The molecule has 2 amide bonds. The molecule has 3 aliphatic rings. The van der Waals surface area contributed by atoms with Gasteiger partial charge in [-0.2, -0.15) is 0 Å². The zero-order valence-corrected chi connectivity index (χ0v) is 18.4. The Labute approximate surface area is 178 Å². The lowest BCUT2D eigenvalue weighted by Gasteiger charge is -2.22. The SMILES string of the molecule is C[C@H]1Cc2cc(S(=O)(=O)NCCC(=O)N3CCCCCC3)ccc2N1C(=O)C1CC1. The molecule has 4 rings (SSSR count). The number of nitrogens with zero attached hydrogens (tertiary/aromatic N) is 2. The third-order valence-corrected chi connectivity index (χ3v) is 7.79. The van der Waals surface area contributed by atoms with Gasteiger partial charge in [-0.25, -0.2) is 13.1 Å². The van der Waals surface area contributed by atoms with E-state index in [9.17, 15) is 18.0 Å². The van der Waals surface area contributed by atoms with Crippen molar-refractivity contribution in [2.24, 2.45) is 5.92 Å². The molecule has 1 aliphatic carbocycles. The van der Waals surface area contributed by atoms with Crippen molar-refractivity contribution < 1.29 is 18.0 Å². The molecule has 0 bridgehead atoms. The van der Waals surface area contributed by atoms with E-state index >= 15 is 0 Å². The Hall–Kier alpha value is -1.93. The maximum Gasteiger partial charge on any atom is 0.240 e. The number of likely N-dealkylation sites (tertiary alicyclic amines) is 1. The topological polar surface area (TPSA) is 86.8 Å². The third-order valence-electron chi connectivity index (χ3n) is 6.33. The average Bonchev–Trinajstić information content (AvgIpc) is 3.52. The van der Waals surface area contributed by atoms with Gasteiger partial charge in [0.1, 0.15) is 0 Å². The first-order valence-corrected chi connectivity index (χ1v) is 12.6. The fraction of sp³-hybridized carbons (Fsp3) is 0.636. The van der Waals surface area contributed by atoms with Crippen molar-refractivity contribution in [1.82, 2.24) is 9.62 Å². The molecule has 2 fully saturated rings. The molecule has 2 aliphatic heterocycles. The fourth-order valence-electron chi connectivity index (χ4n) is 4.49. The number of benzene rings is 1. The highest BCUT2D eigenvalue weighted by Gasteiger charge is 2.39. The van der Waals surface area contributed by atoms with Crippen LogP contribution in [0.4, 0.5) is 5.69 Å². The number of nitrogens with one attached hydrogen (secondary N) is 1. The second-order valence-corrected chi connectivity index (χ2v) is 10.5. The first-order chi connectivity index (χ1) is 14.4. The molecule has 1 saturated heterocycles. The summed E-state index contributed by atoms with van der Waals surface area (Å²) in [6, 6.07) is 5.02. The van der Waals surface area contributed by atoms with E-state index < -0.39 is 10.0 Å². The second-order valence-electron chi connectivity index (χ2n) is 8.77. The largest absolute Gasteiger partial charge is 0.343 e. The summed E-state index contributed by atoms with van der Waals surface area (Å²) in [6.07, 6.45) is 7.06. The van der Waals surface area contributed by atoms with Crippen molar-refractivity contribution in [3.05, 3.63) is 23.8 Å². The Balaban J connectivity index is 1.38. The van der Waals surface area contributed by atoms with Crippen LogP contribution in [-0.4, -0.2) is 50.8 Å². The van der Waals surface area contributed by atoms with Crippen LogP contribution in [-0.2, 0) is 26.0 Å². The van der Waals surface area contributed by atoms with Gasteiger partial charge < -0.3 is 9.80 Å². The van der Waals surface area contributed by atoms with Crippen LogP contribution in [0.3, 0.4) is 0 Å². The van der Waals surface area contributed by atoms with Crippen molar-refractivity contribution in [3.63, 3.8) is 0 Å². The molecule has 8 heteroatoms. The smallest absolute Gasteiger partial charge is 0.240 e. The maximum atomic E-state index is 12.7. The van der Waals surface area contributed by atoms with E-state index in [1.54, 1.807) is 18.2 Å². The summed E-state index contributed by atoms with van der Waals surface area (Å²) in [7, 11) is -3.70. The van der Waals surface area contributed by atoms with Crippen LogP contribution in [0.5, 0.6) is 0 Å². The summed E-state index contributed by atoms with van der Waals surface area (Å²) in [5, 5.41) is 0. The summed E-state index contributed by atoms with van der Waals surface area (Å²) >= 11 is 0. The third kappa shape index (κ3) is 4.54. The van der Waals surface area contributed by atoms with E-state index in [1.807, 2.05) is 16.7 Å². The molecular formula is C22H31N3O4S. The van der Waals surface area contributed by atoms with Gasteiger partial charge in [0.2, 0.25) is 21.8 Å². The van der Waals surface area contributed by atoms with E-state index in [2.05, 4.69) is 4.72 Å². The Morgan fingerprint density at radius 2 is 1.80 bits per heavy atom. The summed E-state index contributed by atoms with van der Waals surface area (Å²) in [4.78, 5) is 28.8. The monoisotopic (exact) mass is 433 g/mol. The summed E-state index contributed by atoms with van der Waals surface area (Å²) in [5.41, 5.74) is 1.72. The molecule has 164 valence electrons. The van der Waals surface area contributed by atoms with Crippen molar-refractivity contribution in [2.45, 2.75) is 69.2 Å². The molecule has 0 radical (unpaired) electrons. The highest BCUT2D eigenvalue weighted by Crippen LogP contribution is 2.39. The normalized spacial score (nSPS) is 22.0. The van der Waals surface area contributed by atoms with Crippen LogP contribution < -0.4 is 9.62 Å². The van der Waals surface area contributed by atoms with Crippen LogP contribution >= 0.6 is 0 Å². The quantitative estimate of drug-likeness (QED) is 0.747. The number of fused-ring (bicyclic) bond motifs is 1. The van der Waals surface area contributed by atoms with Crippen LogP contribution in [0.1, 0.15) is 57.4 Å². The Bertz CT molecular complexity index is 918. The fourth-order valence-corrected chi connectivity index (χ4v) is 5.57. The Morgan fingerprint density at radius 3 is 2.47 bits per heavy atom. The second kappa shape index (κ2) is 8.67. The van der Waals surface area contributed by atoms with Crippen molar-refractivity contribution in [1.29, 1.82) is 0 Å². The molecule has 0 aromatic heterocycles. The van der Waals surface area contributed by atoms with E-state index in [0.717, 1.165) is 62.9 Å². The molecule has 1 aromatic carbocycles. The lowest BCUT2D eigenvalue weighted by atomic mass is 10.1. The highest BCUT2D eigenvalue weighted by atomic mass is 32.2. The number of carbonyl (C=O) groups is 2. The summed E-state index contributed by atoms with van der Waals surface area (Å²) < 4.78 is 28.1. The number of anilines is 1. The van der Waals surface area contributed by atoms with Crippen molar-refractivity contribution in [2.75, 3.05) is 24.5 Å². The molecule has 7 nitrogen and oxygen atoms in total. The van der Waals surface area contributed by atoms with Crippen LogP contribution in [0.15, 0.2) is 23.1 Å². The maximum absolute atomic E-state index is 12.7. The lowest BCUT2D eigenvalue weighted by Crippen LogP contribution is -2.36. The van der Waals surface area contributed by atoms with E-state index in [4.69, 9.17) is 0 Å². The molecule has 1 N–H and O–H groups in total. The molecular weight excluding hydrogens is 402 g/mol. The minimum absolute atomic E-state index is 0.0107. The van der Waals surface area contributed by atoms with Crippen LogP contribution in [0.25, 0.3) is 0 Å². The highest BCUT2D eigenvalue weighted by molar-refractivity contribution is 7.89. The molecule has 1 aromatic rings. The number of rotatable bonds is 6. The molecule has 1 atom stereocenters. The molecule has 0 spiro atoms. The molecule has 30 heavy (non-hydrogen) atoms. The summed E-state index contributed by atoms with van der Waals surface area (Å²) in [5.74, 6) is 0.295. The first kappa shape index (κ1) is 21.3. The number of hydrogen-bond acceptors (Lipinski definition) is 4. The van der Waals surface area contributed by atoms with E-state index in [0.29, 0.717) is 6.42 Å². The standard InChI is InChI=1S/C22H31N3O4S/c1-16-14-18-15-19(8-9-20(18)25(16)22(27)17-6-7-17)30(28,29)23-11-10-21(26)24-12-4-2-3-5-13-24/h8-9,15-17,23H,2-7,10-14H2,1H3/t16-/m0/s1. The first-order valence-electron chi connectivity index (χ1n) is 11.1. The van der Waals surface area contributed by atoms with Crippen molar-refractivity contribution >= 4 is 27.5 Å². The zero-order chi connectivity index (χ0) is 21.3. The van der Waals surface area contributed by atoms with Gasteiger partial charge in [-0.3, -0.25) is 9.59 Å². The number of sulfonamides is 1. The van der Waals surface area contributed by atoms with Gasteiger partial charge in [0, 0.05) is 43.7 Å². The lowest BCUT2D eigenvalue weighted by molar-refractivity contribution is -0.131.